The van der Waals surface area contributed by atoms with E-state index in [0.717, 1.165) is 33.4 Å². The van der Waals surface area contributed by atoms with Crippen LogP contribution in [0.1, 0.15) is 11.1 Å². The fourth-order valence-corrected chi connectivity index (χ4v) is 3.46. The van der Waals surface area contributed by atoms with Gasteiger partial charge >= 0.3 is 0 Å². The molecule has 0 unspecified atom stereocenters. The third-order valence-electron chi connectivity index (χ3n) is 5.04. The molecule has 0 aliphatic heterocycles. The van der Waals surface area contributed by atoms with Crippen molar-refractivity contribution < 1.29 is 10.2 Å². The van der Waals surface area contributed by atoms with E-state index in [0.29, 0.717) is 24.3 Å². The maximum atomic E-state index is 10.3. The maximum Gasteiger partial charge on any atom is 0.118 e. The molecule has 0 heterocycles. The molecule has 0 saturated heterocycles. The SMILES string of the molecule is Oc1ccc(-c2ccccc2)cc1CCc1cc(-c2ccccc2)ccc1O. The molecule has 0 aromatic heterocycles. The number of hydrogen-bond donors (Lipinski definition) is 2. The Balaban J connectivity index is 1.58. The molecule has 0 saturated carbocycles. The van der Waals surface area contributed by atoms with Crippen LogP contribution in [-0.2, 0) is 12.8 Å². The van der Waals surface area contributed by atoms with Crippen LogP contribution in [0.25, 0.3) is 22.3 Å². The highest BCUT2D eigenvalue weighted by Gasteiger charge is 2.09. The predicted octanol–water partition coefficient (Wildman–Crippen LogP) is 6.22. The summed E-state index contributed by atoms with van der Waals surface area (Å²) in [5.74, 6) is 0.580. The van der Waals surface area contributed by atoms with Crippen LogP contribution in [0.2, 0.25) is 0 Å². The minimum absolute atomic E-state index is 0.290. The Morgan fingerprint density at radius 3 is 1.21 bits per heavy atom. The summed E-state index contributed by atoms with van der Waals surface area (Å²) in [5, 5.41) is 20.6. The zero-order chi connectivity index (χ0) is 19.3. The second-order valence-corrected chi connectivity index (χ2v) is 6.92. The van der Waals surface area contributed by atoms with Crippen molar-refractivity contribution in [3.05, 3.63) is 108 Å². The first-order valence-electron chi connectivity index (χ1n) is 9.45. The van der Waals surface area contributed by atoms with Gasteiger partial charge in [-0.15, -0.1) is 0 Å². The number of aryl methyl sites for hydroxylation is 2. The van der Waals surface area contributed by atoms with Crippen LogP contribution in [0.3, 0.4) is 0 Å². The summed E-state index contributed by atoms with van der Waals surface area (Å²) in [5.41, 5.74) is 6.17. The lowest BCUT2D eigenvalue weighted by molar-refractivity contribution is 0.462. The molecule has 0 radical (unpaired) electrons. The Hall–Kier alpha value is -3.52. The van der Waals surface area contributed by atoms with E-state index in [1.807, 2.05) is 60.7 Å². The fraction of sp³-hybridized carbons (Fsp3) is 0.0769. The minimum Gasteiger partial charge on any atom is -0.508 e. The first-order chi connectivity index (χ1) is 13.7. The van der Waals surface area contributed by atoms with Crippen LogP contribution in [0.15, 0.2) is 97.1 Å². The molecule has 0 atom stereocenters. The summed E-state index contributed by atoms with van der Waals surface area (Å²) in [6, 6.07) is 31.7. The van der Waals surface area contributed by atoms with E-state index in [2.05, 4.69) is 24.3 Å². The van der Waals surface area contributed by atoms with Gasteiger partial charge in [-0.05, 0) is 70.5 Å². The number of phenols is 2. The highest BCUT2D eigenvalue weighted by molar-refractivity contribution is 5.67. The Morgan fingerprint density at radius 1 is 0.429 bits per heavy atom. The van der Waals surface area contributed by atoms with Gasteiger partial charge in [0, 0.05) is 0 Å². The topological polar surface area (TPSA) is 40.5 Å². The van der Waals surface area contributed by atoms with Crippen molar-refractivity contribution >= 4 is 0 Å². The number of rotatable bonds is 5. The molecule has 0 spiro atoms. The fourth-order valence-electron chi connectivity index (χ4n) is 3.46. The number of phenolic OH excluding ortho intramolecular Hbond substituents is 2. The van der Waals surface area contributed by atoms with Crippen LogP contribution < -0.4 is 0 Å². The largest absolute Gasteiger partial charge is 0.508 e. The van der Waals surface area contributed by atoms with Gasteiger partial charge in [0.25, 0.3) is 0 Å². The molecule has 4 rings (SSSR count). The molecule has 138 valence electrons. The lowest BCUT2D eigenvalue weighted by Crippen LogP contribution is -1.94. The Kier molecular flexibility index (Phi) is 5.11. The summed E-state index contributed by atoms with van der Waals surface area (Å²) in [4.78, 5) is 0. The van der Waals surface area contributed by atoms with Gasteiger partial charge in [0.2, 0.25) is 0 Å². The van der Waals surface area contributed by atoms with E-state index in [-0.39, 0.29) is 0 Å². The van der Waals surface area contributed by atoms with Crippen LogP contribution in [-0.4, -0.2) is 10.2 Å². The first-order valence-corrected chi connectivity index (χ1v) is 9.45. The molecule has 0 bridgehead atoms. The molecule has 2 N–H and O–H groups in total. The number of aromatic hydroxyl groups is 2. The van der Waals surface area contributed by atoms with Gasteiger partial charge in [0.15, 0.2) is 0 Å². The average molecular weight is 366 g/mol. The Labute approximate surface area is 165 Å². The second kappa shape index (κ2) is 8.01. The van der Waals surface area contributed by atoms with E-state index in [4.69, 9.17) is 0 Å². The van der Waals surface area contributed by atoms with Crippen LogP contribution in [0.5, 0.6) is 11.5 Å². The molecule has 2 heteroatoms. The molecular weight excluding hydrogens is 344 g/mol. The molecule has 2 nitrogen and oxygen atoms in total. The van der Waals surface area contributed by atoms with Crippen molar-refractivity contribution in [1.29, 1.82) is 0 Å². The zero-order valence-corrected chi connectivity index (χ0v) is 15.5. The van der Waals surface area contributed by atoms with E-state index in [1.54, 1.807) is 12.1 Å². The van der Waals surface area contributed by atoms with Gasteiger partial charge in [0.05, 0.1) is 0 Å². The van der Waals surface area contributed by atoms with Crippen molar-refractivity contribution in [1.82, 2.24) is 0 Å². The molecule has 0 fully saturated rings. The zero-order valence-electron chi connectivity index (χ0n) is 15.5. The molecular formula is C26H22O2. The van der Waals surface area contributed by atoms with Gasteiger partial charge in [0.1, 0.15) is 11.5 Å². The van der Waals surface area contributed by atoms with Gasteiger partial charge in [-0.3, -0.25) is 0 Å². The standard InChI is InChI=1S/C26H22O2/c27-25-15-13-21(19-7-3-1-4-8-19)17-23(25)11-12-24-18-22(14-16-26(24)28)20-9-5-2-6-10-20/h1-10,13-18,27-28H,11-12H2. The van der Waals surface area contributed by atoms with Crippen molar-refractivity contribution in [2.45, 2.75) is 12.8 Å². The third-order valence-corrected chi connectivity index (χ3v) is 5.04. The molecule has 4 aromatic carbocycles. The van der Waals surface area contributed by atoms with Gasteiger partial charge in [-0.1, -0.05) is 72.8 Å². The van der Waals surface area contributed by atoms with Crippen LogP contribution in [0, 0.1) is 0 Å². The van der Waals surface area contributed by atoms with Crippen molar-refractivity contribution in [3.8, 4) is 33.8 Å². The van der Waals surface area contributed by atoms with E-state index < -0.39 is 0 Å². The summed E-state index contributed by atoms with van der Waals surface area (Å²) < 4.78 is 0. The van der Waals surface area contributed by atoms with Crippen molar-refractivity contribution in [3.63, 3.8) is 0 Å². The molecule has 4 aromatic rings. The molecule has 0 aliphatic rings. The predicted molar refractivity (Wildman–Crippen MR) is 114 cm³/mol. The average Bonchev–Trinajstić information content (AvgIpc) is 2.75. The van der Waals surface area contributed by atoms with E-state index in [1.165, 1.54) is 0 Å². The number of hydrogen-bond acceptors (Lipinski definition) is 2. The quantitative estimate of drug-likeness (QED) is 0.440. The Bertz CT molecular complexity index is 981. The normalized spacial score (nSPS) is 10.7. The first kappa shape index (κ1) is 17.9. The highest BCUT2D eigenvalue weighted by atomic mass is 16.3. The van der Waals surface area contributed by atoms with E-state index >= 15 is 0 Å². The summed E-state index contributed by atoms with van der Waals surface area (Å²) >= 11 is 0. The number of benzene rings is 4. The molecule has 0 aliphatic carbocycles. The summed E-state index contributed by atoms with van der Waals surface area (Å²) in [6.45, 7) is 0. The highest BCUT2D eigenvalue weighted by Crippen LogP contribution is 2.30. The van der Waals surface area contributed by atoms with Crippen molar-refractivity contribution in [2.75, 3.05) is 0 Å². The summed E-state index contributed by atoms with van der Waals surface area (Å²) in [7, 11) is 0. The van der Waals surface area contributed by atoms with Gasteiger partial charge < -0.3 is 10.2 Å². The summed E-state index contributed by atoms with van der Waals surface area (Å²) in [6.07, 6.45) is 1.30. The van der Waals surface area contributed by atoms with E-state index in [9.17, 15) is 10.2 Å². The second-order valence-electron chi connectivity index (χ2n) is 6.92. The lowest BCUT2D eigenvalue weighted by atomic mass is 9.96. The minimum atomic E-state index is 0.290. The molecule has 28 heavy (non-hydrogen) atoms. The molecule has 0 amide bonds. The monoisotopic (exact) mass is 366 g/mol. The van der Waals surface area contributed by atoms with Crippen LogP contribution in [0.4, 0.5) is 0 Å². The lowest BCUT2D eigenvalue weighted by Gasteiger charge is -2.11. The smallest absolute Gasteiger partial charge is 0.118 e. The third kappa shape index (κ3) is 3.91. The van der Waals surface area contributed by atoms with Crippen LogP contribution >= 0.6 is 0 Å². The van der Waals surface area contributed by atoms with Gasteiger partial charge in [-0.25, -0.2) is 0 Å². The maximum absolute atomic E-state index is 10.3. The Morgan fingerprint density at radius 2 is 0.821 bits per heavy atom. The van der Waals surface area contributed by atoms with Crippen molar-refractivity contribution in [2.24, 2.45) is 0 Å². The van der Waals surface area contributed by atoms with Gasteiger partial charge in [-0.2, -0.15) is 0 Å².